The Morgan fingerprint density at radius 2 is 1.45 bits per heavy atom. The molecule has 0 saturated heterocycles. The predicted octanol–water partition coefficient (Wildman–Crippen LogP) is 6.04. The summed E-state index contributed by atoms with van der Waals surface area (Å²) in [5.74, 6) is 0.0362. The van der Waals surface area contributed by atoms with Crippen LogP contribution in [0.5, 0.6) is 0 Å². The van der Waals surface area contributed by atoms with Gasteiger partial charge in [0.15, 0.2) is 0 Å². The molecule has 1 atom stereocenters. The van der Waals surface area contributed by atoms with Crippen LogP contribution in [-0.2, 0) is 4.79 Å². The van der Waals surface area contributed by atoms with Gasteiger partial charge in [-0.05, 0) is 25.2 Å². The van der Waals surface area contributed by atoms with Gasteiger partial charge in [0.1, 0.15) is 0 Å². The highest BCUT2D eigenvalue weighted by molar-refractivity contribution is 5.74. The van der Waals surface area contributed by atoms with Gasteiger partial charge in [-0.2, -0.15) is 0 Å². The second-order valence-electron chi connectivity index (χ2n) is 6.41. The van der Waals surface area contributed by atoms with E-state index in [9.17, 15) is 9.90 Å². The van der Waals surface area contributed by atoms with Crippen LogP contribution in [0.1, 0.15) is 98.3 Å². The third kappa shape index (κ3) is 6.76. The smallest absolute Gasteiger partial charge is 0.309 e. The van der Waals surface area contributed by atoms with Crippen LogP contribution in [-0.4, -0.2) is 11.1 Å². The summed E-state index contributed by atoms with van der Waals surface area (Å²) >= 11 is 0. The third-order valence-electron chi connectivity index (χ3n) is 4.69. The quantitative estimate of drug-likeness (QED) is 0.447. The number of aliphatic carboxylic acids is 1. The van der Waals surface area contributed by atoms with Crippen molar-refractivity contribution in [3.8, 4) is 0 Å². The first-order valence-electron chi connectivity index (χ1n) is 8.79. The van der Waals surface area contributed by atoms with E-state index in [-0.39, 0.29) is 0 Å². The Morgan fingerprint density at radius 1 is 0.950 bits per heavy atom. The summed E-state index contributed by atoms with van der Waals surface area (Å²) in [5, 5.41) is 9.85. The van der Waals surface area contributed by atoms with Gasteiger partial charge < -0.3 is 5.11 Å². The number of carboxylic acids is 1. The molecule has 2 nitrogen and oxygen atoms in total. The average molecular weight is 284 g/mol. The molecule has 0 bridgehead atoms. The Kier molecular flexibility index (Phi) is 10.9. The third-order valence-corrected chi connectivity index (χ3v) is 4.69. The van der Waals surface area contributed by atoms with Crippen molar-refractivity contribution in [1.82, 2.24) is 0 Å². The van der Waals surface area contributed by atoms with Crippen molar-refractivity contribution in [2.45, 2.75) is 98.3 Å². The van der Waals surface area contributed by atoms with E-state index < -0.39 is 11.4 Å². The molecule has 0 amide bonds. The minimum absolute atomic E-state index is 0.458. The second kappa shape index (κ2) is 11.2. The molecule has 1 N–H and O–H groups in total. The summed E-state index contributed by atoms with van der Waals surface area (Å²) in [6.07, 6.45) is 11.6. The fourth-order valence-corrected chi connectivity index (χ4v) is 3.16. The van der Waals surface area contributed by atoms with Gasteiger partial charge in [-0.3, -0.25) is 4.79 Å². The van der Waals surface area contributed by atoms with Gasteiger partial charge >= 0.3 is 5.97 Å². The van der Waals surface area contributed by atoms with E-state index >= 15 is 0 Å². The Bertz CT molecular complexity index is 240. The van der Waals surface area contributed by atoms with Gasteiger partial charge in [0.2, 0.25) is 0 Å². The summed E-state index contributed by atoms with van der Waals surface area (Å²) in [7, 11) is 0. The van der Waals surface area contributed by atoms with Crippen LogP contribution in [0.25, 0.3) is 0 Å². The molecule has 0 aliphatic carbocycles. The highest BCUT2D eigenvalue weighted by Gasteiger charge is 2.38. The largest absolute Gasteiger partial charge is 0.481 e. The molecule has 0 radical (unpaired) electrons. The first-order valence-corrected chi connectivity index (χ1v) is 8.79. The van der Waals surface area contributed by atoms with Crippen LogP contribution < -0.4 is 0 Å². The number of hydrogen-bond donors (Lipinski definition) is 1. The molecule has 20 heavy (non-hydrogen) atoms. The minimum Gasteiger partial charge on any atom is -0.481 e. The van der Waals surface area contributed by atoms with E-state index in [1.807, 2.05) is 0 Å². The molecule has 2 heteroatoms. The Balaban J connectivity index is 4.88. The molecule has 0 aliphatic heterocycles. The first kappa shape index (κ1) is 19.5. The van der Waals surface area contributed by atoms with Gasteiger partial charge in [-0.1, -0.05) is 79.1 Å². The summed E-state index contributed by atoms with van der Waals surface area (Å²) in [4.78, 5) is 12.0. The summed E-state index contributed by atoms with van der Waals surface area (Å²) in [6, 6.07) is 0. The van der Waals surface area contributed by atoms with E-state index in [2.05, 4.69) is 27.7 Å². The summed E-state index contributed by atoms with van der Waals surface area (Å²) in [6.45, 7) is 8.74. The molecule has 0 saturated carbocycles. The fourth-order valence-electron chi connectivity index (χ4n) is 3.16. The lowest BCUT2D eigenvalue weighted by molar-refractivity contribution is -0.151. The van der Waals surface area contributed by atoms with Gasteiger partial charge in [0.25, 0.3) is 0 Å². The first-order chi connectivity index (χ1) is 9.56. The van der Waals surface area contributed by atoms with E-state index in [4.69, 9.17) is 0 Å². The van der Waals surface area contributed by atoms with Crippen LogP contribution >= 0.6 is 0 Å². The zero-order chi connectivity index (χ0) is 15.4. The molecular formula is C18H36O2. The van der Waals surface area contributed by atoms with Gasteiger partial charge in [-0.25, -0.2) is 0 Å². The SMILES string of the molecule is CCCCC(CC)CC(CCCC)(CCCC)C(=O)O. The minimum atomic E-state index is -0.547. The van der Waals surface area contributed by atoms with E-state index in [0.29, 0.717) is 5.92 Å². The number of unbranched alkanes of at least 4 members (excludes halogenated alkanes) is 3. The van der Waals surface area contributed by atoms with Crippen LogP contribution in [0.3, 0.4) is 0 Å². The van der Waals surface area contributed by atoms with Crippen molar-refractivity contribution < 1.29 is 9.90 Å². The molecule has 0 aliphatic rings. The molecule has 0 spiro atoms. The Morgan fingerprint density at radius 3 is 1.80 bits per heavy atom. The topological polar surface area (TPSA) is 37.3 Å². The number of carbonyl (C=O) groups is 1. The van der Waals surface area contributed by atoms with Crippen molar-refractivity contribution in [3.05, 3.63) is 0 Å². The second-order valence-corrected chi connectivity index (χ2v) is 6.41. The van der Waals surface area contributed by atoms with Crippen molar-refractivity contribution in [2.24, 2.45) is 11.3 Å². The van der Waals surface area contributed by atoms with Gasteiger partial charge in [0.05, 0.1) is 5.41 Å². The lowest BCUT2D eigenvalue weighted by atomic mass is 9.70. The maximum Gasteiger partial charge on any atom is 0.309 e. The molecule has 0 heterocycles. The zero-order valence-electron chi connectivity index (χ0n) is 14.2. The highest BCUT2D eigenvalue weighted by Crippen LogP contribution is 2.40. The van der Waals surface area contributed by atoms with E-state index in [1.54, 1.807) is 0 Å². The van der Waals surface area contributed by atoms with E-state index in [0.717, 1.165) is 51.4 Å². The van der Waals surface area contributed by atoms with Crippen LogP contribution in [0.15, 0.2) is 0 Å². The van der Waals surface area contributed by atoms with Gasteiger partial charge in [-0.15, -0.1) is 0 Å². The average Bonchev–Trinajstić information content (AvgIpc) is 2.45. The maximum atomic E-state index is 12.0. The van der Waals surface area contributed by atoms with Gasteiger partial charge in [0, 0.05) is 0 Å². The normalized spacial score (nSPS) is 13.4. The Labute approximate surface area is 126 Å². The van der Waals surface area contributed by atoms with Crippen LogP contribution in [0.2, 0.25) is 0 Å². The molecular weight excluding hydrogens is 248 g/mol. The van der Waals surface area contributed by atoms with E-state index in [1.165, 1.54) is 19.3 Å². The summed E-state index contributed by atoms with van der Waals surface area (Å²) < 4.78 is 0. The zero-order valence-corrected chi connectivity index (χ0v) is 14.2. The lowest BCUT2D eigenvalue weighted by Gasteiger charge is -2.33. The molecule has 0 rings (SSSR count). The Hall–Kier alpha value is -0.530. The molecule has 1 unspecified atom stereocenters. The van der Waals surface area contributed by atoms with Crippen molar-refractivity contribution in [2.75, 3.05) is 0 Å². The lowest BCUT2D eigenvalue weighted by Crippen LogP contribution is -2.33. The molecule has 0 aromatic heterocycles. The number of rotatable bonds is 13. The van der Waals surface area contributed by atoms with Crippen LogP contribution in [0.4, 0.5) is 0 Å². The number of carboxylic acid groups (broad SMARTS) is 1. The standard InChI is InChI=1S/C18H36O2/c1-5-9-12-16(8-4)15-18(17(19)20,13-10-6-2)14-11-7-3/h16H,5-15H2,1-4H3,(H,19,20). The predicted molar refractivity (Wildman–Crippen MR) is 87.0 cm³/mol. The monoisotopic (exact) mass is 284 g/mol. The molecule has 0 fully saturated rings. The van der Waals surface area contributed by atoms with Crippen molar-refractivity contribution in [3.63, 3.8) is 0 Å². The molecule has 0 aromatic carbocycles. The highest BCUT2D eigenvalue weighted by atomic mass is 16.4. The van der Waals surface area contributed by atoms with Crippen LogP contribution in [0, 0.1) is 11.3 Å². The maximum absolute atomic E-state index is 12.0. The number of hydrogen-bond acceptors (Lipinski definition) is 1. The fraction of sp³-hybridized carbons (Fsp3) is 0.944. The summed E-state index contributed by atoms with van der Waals surface area (Å²) in [5.41, 5.74) is -0.458. The van der Waals surface area contributed by atoms with Crippen molar-refractivity contribution >= 4 is 5.97 Å². The van der Waals surface area contributed by atoms with Crippen molar-refractivity contribution in [1.29, 1.82) is 0 Å². The molecule has 120 valence electrons. The molecule has 0 aromatic rings.